The van der Waals surface area contributed by atoms with Crippen LogP contribution in [0.5, 0.6) is 11.6 Å². The lowest BCUT2D eigenvalue weighted by Gasteiger charge is -2.15. The van der Waals surface area contributed by atoms with Gasteiger partial charge in [0.2, 0.25) is 11.7 Å². The first kappa shape index (κ1) is 19.2. The average Bonchev–Trinajstić information content (AvgIpc) is 2.61. The SMILES string of the molecule is CCCCn1c(O)c(C(=O)COc2ccc(F)cc2)c(C)c(C#N)c1=O. The number of unbranched alkanes of at least 4 members (excludes halogenated alkanes) is 1. The Balaban J connectivity index is 2.37. The van der Waals surface area contributed by atoms with Crippen LogP contribution >= 0.6 is 0 Å². The van der Waals surface area contributed by atoms with E-state index in [0.29, 0.717) is 6.42 Å². The number of hydrogen-bond donors (Lipinski definition) is 1. The molecule has 6 nitrogen and oxygen atoms in total. The third kappa shape index (κ3) is 3.91. The van der Waals surface area contributed by atoms with Crippen LogP contribution in [0.3, 0.4) is 0 Å². The Bertz CT molecular complexity index is 911. The number of ketones is 1. The molecule has 0 aliphatic rings. The molecule has 0 unspecified atom stereocenters. The number of carbonyl (C=O) groups is 1. The summed E-state index contributed by atoms with van der Waals surface area (Å²) in [4.78, 5) is 24.9. The molecule has 0 amide bonds. The molecule has 136 valence electrons. The molecule has 7 heteroatoms. The molecule has 1 aromatic heterocycles. The van der Waals surface area contributed by atoms with E-state index in [2.05, 4.69) is 0 Å². The molecule has 2 rings (SSSR count). The molecule has 0 atom stereocenters. The highest BCUT2D eigenvalue weighted by molar-refractivity contribution is 6.01. The van der Waals surface area contributed by atoms with Gasteiger partial charge in [-0.3, -0.25) is 14.2 Å². The topological polar surface area (TPSA) is 92.3 Å². The fraction of sp³-hybridized carbons (Fsp3) is 0.316. The summed E-state index contributed by atoms with van der Waals surface area (Å²) in [5.41, 5.74) is -0.786. The predicted octanol–water partition coefficient (Wildman–Crippen LogP) is 2.93. The summed E-state index contributed by atoms with van der Waals surface area (Å²) in [6.45, 7) is 3.14. The molecule has 2 aromatic rings. The third-order valence-electron chi connectivity index (χ3n) is 4.00. The second-order valence-corrected chi connectivity index (χ2v) is 5.79. The van der Waals surface area contributed by atoms with Crippen molar-refractivity contribution in [1.29, 1.82) is 5.26 Å². The van der Waals surface area contributed by atoms with Crippen LogP contribution in [-0.4, -0.2) is 22.1 Å². The quantitative estimate of drug-likeness (QED) is 0.768. The van der Waals surface area contributed by atoms with Gasteiger partial charge in [0.05, 0.1) is 5.56 Å². The molecule has 26 heavy (non-hydrogen) atoms. The number of ether oxygens (including phenoxy) is 1. The highest BCUT2D eigenvalue weighted by atomic mass is 19.1. The second kappa shape index (κ2) is 8.30. The molecule has 0 aliphatic carbocycles. The molecule has 1 N–H and O–H groups in total. The lowest BCUT2D eigenvalue weighted by Crippen LogP contribution is -2.27. The van der Waals surface area contributed by atoms with Crippen molar-refractivity contribution >= 4 is 5.78 Å². The van der Waals surface area contributed by atoms with Gasteiger partial charge in [-0.05, 0) is 43.2 Å². The number of benzene rings is 1. The molecular formula is C19H19FN2O4. The first-order valence-corrected chi connectivity index (χ1v) is 8.18. The minimum absolute atomic E-state index is 0.112. The Hall–Kier alpha value is -3.14. The lowest BCUT2D eigenvalue weighted by molar-refractivity contribution is 0.0916. The van der Waals surface area contributed by atoms with Gasteiger partial charge in [0.15, 0.2) is 6.61 Å². The van der Waals surface area contributed by atoms with E-state index in [9.17, 15) is 24.3 Å². The zero-order valence-corrected chi connectivity index (χ0v) is 14.6. The molecule has 0 spiro atoms. The van der Waals surface area contributed by atoms with Gasteiger partial charge in [-0.2, -0.15) is 5.26 Å². The summed E-state index contributed by atoms with van der Waals surface area (Å²) < 4.78 is 19.3. The van der Waals surface area contributed by atoms with Gasteiger partial charge < -0.3 is 9.84 Å². The van der Waals surface area contributed by atoms with Crippen molar-refractivity contribution in [3.63, 3.8) is 0 Å². The molecule has 0 saturated carbocycles. The van der Waals surface area contributed by atoms with Crippen molar-refractivity contribution in [2.45, 2.75) is 33.2 Å². The number of rotatable bonds is 7. The van der Waals surface area contributed by atoms with E-state index in [1.165, 1.54) is 31.2 Å². The van der Waals surface area contributed by atoms with Crippen LogP contribution in [0.15, 0.2) is 29.1 Å². The smallest absolute Gasteiger partial charge is 0.271 e. The van der Waals surface area contributed by atoms with E-state index in [4.69, 9.17) is 4.74 Å². The normalized spacial score (nSPS) is 10.4. The molecule has 0 fully saturated rings. The first-order chi connectivity index (χ1) is 12.4. The maximum absolute atomic E-state index is 12.9. The van der Waals surface area contributed by atoms with Gasteiger partial charge in [-0.15, -0.1) is 0 Å². The van der Waals surface area contributed by atoms with Crippen molar-refractivity contribution in [1.82, 2.24) is 4.57 Å². The summed E-state index contributed by atoms with van der Waals surface area (Å²) >= 11 is 0. The van der Waals surface area contributed by atoms with Crippen LogP contribution in [0.4, 0.5) is 4.39 Å². The molecular weight excluding hydrogens is 339 g/mol. The Morgan fingerprint density at radius 3 is 2.58 bits per heavy atom. The zero-order valence-electron chi connectivity index (χ0n) is 14.6. The standard InChI is InChI=1S/C19H19FN2O4/c1-3-4-9-22-18(24)15(10-21)12(2)17(19(22)25)16(23)11-26-14-7-5-13(20)6-8-14/h5-8,25H,3-4,9,11H2,1-2H3. The van der Waals surface area contributed by atoms with E-state index < -0.39 is 29.6 Å². The number of aromatic nitrogens is 1. The first-order valence-electron chi connectivity index (χ1n) is 8.18. The number of nitriles is 1. The lowest BCUT2D eigenvalue weighted by atomic mass is 10.0. The summed E-state index contributed by atoms with van der Waals surface area (Å²) in [5.74, 6) is -1.19. The second-order valence-electron chi connectivity index (χ2n) is 5.79. The summed E-state index contributed by atoms with van der Waals surface area (Å²) in [6, 6.07) is 6.94. The molecule has 0 bridgehead atoms. The van der Waals surface area contributed by atoms with Crippen LogP contribution in [0, 0.1) is 24.1 Å². The summed E-state index contributed by atoms with van der Waals surface area (Å²) in [5, 5.41) is 19.7. The van der Waals surface area contributed by atoms with E-state index in [1.54, 1.807) is 6.07 Å². The van der Waals surface area contributed by atoms with Gasteiger partial charge in [-0.25, -0.2) is 4.39 Å². The third-order valence-corrected chi connectivity index (χ3v) is 4.00. The van der Waals surface area contributed by atoms with Crippen LogP contribution in [-0.2, 0) is 6.54 Å². The van der Waals surface area contributed by atoms with Crippen molar-refractivity contribution in [3.8, 4) is 17.7 Å². The molecule has 1 heterocycles. The molecule has 0 aliphatic heterocycles. The number of pyridine rings is 1. The molecule has 0 saturated heterocycles. The maximum Gasteiger partial charge on any atom is 0.271 e. The average molecular weight is 358 g/mol. The fourth-order valence-electron chi connectivity index (χ4n) is 2.56. The number of halogens is 1. The minimum atomic E-state index is -0.619. The van der Waals surface area contributed by atoms with Gasteiger partial charge in [0.25, 0.3) is 5.56 Å². The highest BCUT2D eigenvalue weighted by Gasteiger charge is 2.24. The largest absolute Gasteiger partial charge is 0.494 e. The van der Waals surface area contributed by atoms with Crippen LogP contribution in [0.2, 0.25) is 0 Å². The Labute approximate surface area is 150 Å². The van der Waals surface area contributed by atoms with Crippen molar-refractivity contribution in [3.05, 3.63) is 57.1 Å². The monoisotopic (exact) mass is 358 g/mol. The highest BCUT2D eigenvalue weighted by Crippen LogP contribution is 2.23. The van der Waals surface area contributed by atoms with Crippen LogP contribution < -0.4 is 10.3 Å². The zero-order chi connectivity index (χ0) is 19.3. The molecule has 0 radical (unpaired) electrons. The van der Waals surface area contributed by atoms with E-state index >= 15 is 0 Å². The Morgan fingerprint density at radius 2 is 2.00 bits per heavy atom. The Morgan fingerprint density at radius 1 is 1.35 bits per heavy atom. The van der Waals surface area contributed by atoms with Crippen LogP contribution in [0.25, 0.3) is 0 Å². The van der Waals surface area contributed by atoms with Crippen molar-refractivity contribution < 1.29 is 19.0 Å². The fourth-order valence-corrected chi connectivity index (χ4v) is 2.56. The number of nitrogens with zero attached hydrogens (tertiary/aromatic N) is 2. The van der Waals surface area contributed by atoms with E-state index in [0.717, 1.165) is 11.0 Å². The summed E-state index contributed by atoms with van der Waals surface area (Å²) in [6.07, 6.45) is 1.39. The van der Waals surface area contributed by atoms with Gasteiger partial charge >= 0.3 is 0 Å². The molecule has 1 aromatic carbocycles. The van der Waals surface area contributed by atoms with Gasteiger partial charge in [0, 0.05) is 6.54 Å². The van der Waals surface area contributed by atoms with E-state index in [1.807, 2.05) is 6.92 Å². The van der Waals surface area contributed by atoms with E-state index in [-0.39, 0.29) is 29.0 Å². The predicted molar refractivity (Wildman–Crippen MR) is 93.0 cm³/mol. The van der Waals surface area contributed by atoms with Crippen molar-refractivity contribution in [2.75, 3.05) is 6.61 Å². The summed E-state index contributed by atoms with van der Waals surface area (Å²) in [7, 11) is 0. The van der Waals surface area contributed by atoms with Crippen LogP contribution in [0.1, 0.15) is 41.3 Å². The number of aromatic hydroxyl groups is 1. The minimum Gasteiger partial charge on any atom is -0.494 e. The van der Waals surface area contributed by atoms with Crippen molar-refractivity contribution in [2.24, 2.45) is 0 Å². The Kier molecular flexibility index (Phi) is 6.12. The van der Waals surface area contributed by atoms with Gasteiger partial charge in [-0.1, -0.05) is 13.3 Å². The number of carbonyl (C=O) groups excluding carboxylic acids is 1. The van der Waals surface area contributed by atoms with Gasteiger partial charge in [0.1, 0.15) is 23.2 Å². The number of hydrogen-bond acceptors (Lipinski definition) is 5. The maximum atomic E-state index is 12.9. The number of Topliss-reactive ketones (excluding diaryl/α,β-unsaturated/α-hetero) is 1.